The van der Waals surface area contributed by atoms with Gasteiger partial charge in [-0.1, -0.05) is 13.8 Å². The van der Waals surface area contributed by atoms with Gasteiger partial charge in [-0.3, -0.25) is 4.90 Å². The van der Waals surface area contributed by atoms with Crippen LogP contribution in [0.3, 0.4) is 0 Å². The van der Waals surface area contributed by atoms with Crippen molar-refractivity contribution in [2.45, 2.75) is 64.1 Å². The number of nitrogens with zero attached hydrogens (tertiary/aromatic N) is 2. The lowest BCUT2D eigenvalue weighted by Crippen LogP contribution is -2.56. The van der Waals surface area contributed by atoms with E-state index in [2.05, 4.69) is 50.1 Å². The van der Waals surface area contributed by atoms with Crippen LogP contribution in [0, 0.1) is 5.41 Å². The Morgan fingerprint density at radius 3 is 2.37 bits per heavy atom. The molecular weight excluding hydrogens is 234 g/mol. The predicted octanol–water partition coefficient (Wildman–Crippen LogP) is 2.18. The first kappa shape index (κ1) is 15.3. The molecule has 2 fully saturated rings. The first-order chi connectivity index (χ1) is 8.93. The van der Waals surface area contributed by atoms with E-state index in [9.17, 15) is 0 Å². The zero-order valence-corrected chi connectivity index (χ0v) is 13.6. The Morgan fingerprint density at radius 2 is 1.79 bits per heavy atom. The molecule has 1 saturated carbocycles. The van der Waals surface area contributed by atoms with Gasteiger partial charge in [-0.15, -0.1) is 0 Å². The van der Waals surface area contributed by atoms with E-state index in [-0.39, 0.29) is 0 Å². The fraction of sp³-hybridized carbons (Fsp3) is 1.00. The van der Waals surface area contributed by atoms with Crippen LogP contribution in [0.1, 0.15) is 46.0 Å². The summed E-state index contributed by atoms with van der Waals surface area (Å²) in [7, 11) is 6.75. The average molecular weight is 267 g/mol. The summed E-state index contributed by atoms with van der Waals surface area (Å²) >= 11 is 0. The quantitative estimate of drug-likeness (QED) is 0.845. The third-order valence-electron chi connectivity index (χ3n) is 5.52. The molecule has 1 aliphatic heterocycles. The third kappa shape index (κ3) is 3.71. The summed E-state index contributed by atoms with van der Waals surface area (Å²) in [5, 5.41) is 3.57. The number of likely N-dealkylation sites (N-methyl/N-ethyl adjacent to an activating group) is 2. The van der Waals surface area contributed by atoms with Crippen LogP contribution < -0.4 is 5.32 Å². The fourth-order valence-electron chi connectivity index (χ4n) is 3.99. The number of rotatable bonds is 3. The molecule has 0 radical (unpaired) electrons. The molecular formula is C16H33N3. The van der Waals surface area contributed by atoms with Crippen molar-refractivity contribution >= 4 is 0 Å². The molecule has 1 N–H and O–H groups in total. The van der Waals surface area contributed by atoms with Crippen molar-refractivity contribution in [2.75, 3.05) is 34.2 Å². The molecule has 0 amide bonds. The van der Waals surface area contributed by atoms with Crippen LogP contribution in [0.4, 0.5) is 0 Å². The van der Waals surface area contributed by atoms with Crippen molar-refractivity contribution in [1.29, 1.82) is 0 Å². The second-order valence-corrected chi connectivity index (χ2v) is 7.57. The van der Waals surface area contributed by atoms with Gasteiger partial charge in [-0.25, -0.2) is 0 Å². The number of nitrogens with one attached hydrogen (secondary N) is 1. The number of hydrogen-bond acceptors (Lipinski definition) is 3. The van der Waals surface area contributed by atoms with Crippen LogP contribution in [0.15, 0.2) is 0 Å². The lowest BCUT2D eigenvalue weighted by molar-refractivity contribution is 0.0359. The highest BCUT2D eigenvalue weighted by Gasteiger charge is 2.38. The molecule has 3 nitrogen and oxygen atoms in total. The molecule has 2 rings (SSSR count). The smallest absolute Gasteiger partial charge is 0.0254 e. The van der Waals surface area contributed by atoms with Gasteiger partial charge in [0.2, 0.25) is 0 Å². The van der Waals surface area contributed by atoms with Crippen molar-refractivity contribution in [3.8, 4) is 0 Å². The molecule has 2 aliphatic rings. The van der Waals surface area contributed by atoms with Crippen LogP contribution in [0.5, 0.6) is 0 Å². The van der Waals surface area contributed by atoms with Crippen LogP contribution in [-0.2, 0) is 0 Å². The van der Waals surface area contributed by atoms with Gasteiger partial charge in [0.25, 0.3) is 0 Å². The van der Waals surface area contributed by atoms with E-state index in [1.54, 1.807) is 0 Å². The SMILES string of the molecule is CNC1CCC(C)(C)CC1N(C)C1CCN(C)CC1. The van der Waals surface area contributed by atoms with Gasteiger partial charge in [0.1, 0.15) is 0 Å². The van der Waals surface area contributed by atoms with E-state index in [1.165, 1.54) is 45.2 Å². The molecule has 0 aromatic heterocycles. The van der Waals surface area contributed by atoms with Gasteiger partial charge in [0.05, 0.1) is 0 Å². The second kappa shape index (κ2) is 6.11. The Morgan fingerprint density at radius 1 is 1.16 bits per heavy atom. The topological polar surface area (TPSA) is 18.5 Å². The van der Waals surface area contributed by atoms with E-state index in [4.69, 9.17) is 0 Å². The Labute approximate surface area is 119 Å². The molecule has 3 heteroatoms. The summed E-state index contributed by atoms with van der Waals surface area (Å²) < 4.78 is 0. The number of likely N-dealkylation sites (tertiary alicyclic amines) is 1. The standard InChI is InChI=1S/C16H33N3/c1-16(2)9-6-14(17-3)15(12-16)19(5)13-7-10-18(4)11-8-13/h13-15,17H,6-12H2,1-5H3. The molecule has 19 heavy (non-hydrogen) atoms. The molecule has 0 spiro atoms. The van der Waals surface area contributed by atoms with E-state index in [1.807, 2.05) is 0 Å². The summed E-state index contributed by atoms with van der Waals surface area (Å²) in [4.78, 5) is 5.17. The van der Waals surface area contributed by atoms with Crippen molar-refractivity contribution in [2.24, 2.45) is 5.41 Å². The Balaban J connectivity index is 2.00. The minimum Gasteiger partial charge on any atom is -0.315 e. The molecule has 112 valence electrons. The van der Waals surface area contributed by atoms with Gasteiger partial charge >= 0.3 is 0 Å². The zero-order chi connectivity index (χ0) is 14.0. The summed E-state index contributed by atoms with van der Waals surface area (Å²) in [5.74, 6) is 0. The second-order valence-electron chi connectivity index (χ2n) is 7.57. The lowest BCUT2D eigenvalue weighted by Gasteiger charge is -2.48. The van der Waals surface area contributed by atoms with Gasteiger partial charge < -0.3 is 10.2 Å². The first-order valence-electron chi connectivity index (χ1n) is 8.01. The molecule has 0 bridgehead atoms. The van der Waals surface area contributed by atoms with Gasteiger partial charge in [0, 0.05) is 18.1 Å². The van der Waals surface area contributed by atoms with Crippen LogP contribution in [0.2, 0.25) is 0 Å². The fourth-order valence-corrected chi connectivity index (χ4v) is 3.99. The normalized spacial score (nSPS) is 33.8. The van der Waals surface area contributed by atoms with Crippen molar-refractivity contribution in [3.63, 3.8) is 0 Å². The van der Waals surface area contributed by atoms with Crippen LogP contribution >= 0.6 is 0 Å². The first-order valence-corrected chi connectivity index (χ1v) is 8.01. The van der Waals surface area contributed by atoms with Crippen molar-refractivity contribution in [3.05, 3.63) is 0 Å². The lowest BCUT2D eigenvalue weighted by atomic mass is 9.72. The minimum atomic E-state index is 0.512. The molecule has 1 saturated heterocycles. The molecule has 2 atom stereocenters. The zero-order valence-electron chi connectivity index (χ0n) is 13.6. The summed E-state index contributed by atoms with van der Waals surface area (Å²) in [5.41, 5.74) is 0.512. The summed E-state index contributed by atoms with van der Waals surface area (Å²) in [6.45, 7) is 7.40. The monoisotopic (exact) mass is 267 g/mol. The molecule has 0 aromatic rings. The molecule has 2 unspecified atom stereocenters. The molecule has 1 aliphatic carbocycles. The maximum Gasteiger partial charge on any atom is 0.0254 e. The Bertz CT molecular complexity index is 282. The molecule has 1 heterocycles. The number of piperidine rings is 1. The largest absolute Gasteiger partial charge is 0.315 e. The average Bonchev–Trinajstić information content (AvgIpc) is 2.38. The van der Waals surface area contributed by atoms with Crippen molar-refractivity contribution < 1.29 is 0 Å². The Kier molecular flexibility index (Phi) is 4.91. The van der Waals surface area contributed by atoms with Crippen molar-refractivity contribution in [1.82, 2.24) is 15.1 Å². The summed E-state index contributed by atoms with van der Waals surface area (Å²) in [6, 6.07) is 2.17. The summed E-state index contributed by atoms with van der Waals surface area (Å²) in [6.07, 6.45) is 6.68. The highest BCUT2D eigenvalue weighted by Crippen LogP contribution is 2.38. The predicted molar refractivity (Wildman–Crippen MR) is 82.5 cm³/mol. The van der Waals surface area contributed by atoms with E-state index in [0.717, 1.165) is 6.04 Å². The van der Waals surface area contributed by atoms with E-state index < -0.39 is 0 Å². The highest BCUT2D eigenvalue weighted by molar-refractivity contribution is 4.95. The minimum absolute atomic E-state index is 0.512. The van der Waals surface area contributed by atoms with Crippen LogP contribution in [-0.4, -0.2) is 62.2 Å². The van der Waals surface area contributed by atoms with E-state index in [0.29, 0.717) is 17.5 Å². The maximum absolute atomic E-state index is 3.57. The van der Waals surface area contributed by atoms with Gasteiger partial charge in [-0.2, -0.15) is 0 Å². The maximum atomic E-state index is 3.57. The van der Waals surface area contributed by atoms with Gasteiger partial charge in [0.15, 0.2) is 0 Å². The Hall–Kier alpha value is -0.120. The highest BCUT2D eigenvalue weighted by atomic mass is 15.2. The molecule has 0 aromatic carbocycles. The third-order valence-corrected chi connectivity index (χ3v) is 5.52. The van der Waals surface area contributed by atoms with E-state index >= 15 is 0 Å². The number of hydrogen-bond donors (Lipinski definition) is 1. The van der Waals surface area contributed by atoms with Gasteiger partial charge in [-0.05, 0) is 71.8 Å². The van der Waals surface area contributed by atoms with Crippen LogP contribution in [0.25, 0.3) is 0 Å².